The number of aromatic nitrogens is 2. The molecule has 0 saturated carbocycles. The molecule has 0 aliphatic carbocycles. The van der Waals surface area contributed by atoms with Gasteiger partial charge < -0.3 is 15.3 Å². The van der Waals surface area contributed by atoms with Gasteiger partial charge in [0.15, 0.2) is 0 Å². The lowest BCUT2D eigenvalue weighted by Gasteiger charge is -2.17. The van der Waals surface area contributed by atoms with Crippen LogP contribution in [0.4, 0.5) is 5.82 Å². The molecule has 2 aromatic heterocycles. The largest absolute Gasteiger partial charge is 0.477 e. The summed E-state index contributed by atoms with van der Waals surface area (Å²) < 4.78 is 0. The van der Waals surface area contributed by atoms with E-state index in [1.54, 1.807) is 25.9 Å². The predicted molar refractivity (Wildman–Crippen MR) is 76.4 cm³/mol. The van der Waals surface area contributed by atoms with Gasteiger partial charge in [-0.25, -0.2) is 14.8 Å². The lowest BCUT2D eigenvalue weighted by molar-refractivity contribution is -0.119. The number of hydrogen-bond acceptors (Lipinski definition) is 6. The molecule has 0 fully saturated rings. The van der Waals surface area contributed by atoms with Crippen molar-refractivity contribution < 1.29 is 14.7 Å². The van der Waals surface area contributed by atoms with E-state index in [1.807, 2.05) is 0 Å². The van der Waals surface area contributed by atoms with Crippen molar-refractivity contribution in [3.8, 4) is 0 Å². The minimum atomic E-state index is -0.981. The standard InChI is InChI=1S/C12H14N4O3S/c1-6-8-10(16(3)4-7(17)13-2)14-5-15-11(8)20-9(6)12(18)19/h5H,4H2,1-3H3,(H,13,17)(H,18,19). The molecule has 0 saturated heterocycles. The summed E-state index contributed by atoms with van der Waals surface area (Å²) >= 11 is 1.11. The van der Waals surface area contributed by atoms with Gasteiger partial charge in [-0.3, -0.25) is 4.79 Å². The molecular weight excluding hydrogens is 280 g/mol. The lowest BCUT2D eigenvalue weighted by Crippen LogP contribution is -2.33. The van der Waals surface area contributed by atoms with Crippen molar-refractivity contribution in [1.82, 2.24) is 15.3 Å². The van der Waals surface area contributed by atoms with Crippen LogP contribution in [0, 0.1) is 6.92 Å². The first-order chi connectivity index (χ1) is 9.45. The van der Waals surface area contributed by atoms with Crippen LogP contribution >= 0.6 is 11.3 Å². The van der Waals surface area contributed by atoms with Gasteiger partial charge in [-0.15, -0.1) is 11.3 Å². The lowest BCUT2D eigenvalue weighted by atomic mass is 10.2. The Morgan fingerprint density at radius 2 is 2.15 bits per heavy atom. The molecule has 0 aliphatic heterocycles. The van der Waals surface area contributed by atoms with E-state index in [-0.39, 0.29) is 17.3 Å². The van der Waals surface area contributed by atoms with Gasteiger partial charge in [-0.05, 0) is 12.5 Å². The molecule has 0 aliphatic rings. The van der Waals surface area contributed by atoms with Gasteiger partial charge in [0.25, 0.3) is 0 Å². The second-order valence-corrected chi connectivity index (χ2v) is 5.27. The second kappa shape index (κ2) is 5.41. The van der Waals surface area contributed by atoms with Crippen LogP contribution in [0.2, 0.25) is 0 Å². The first-order valence-electron chi connectivity index (χ1n) is 5.84. The van der Waals surface area contributed by atoms with Crippen molar-refractivity contribution in [3.05, 3.63) is 16.8 Å². The van der Waals surface area contributed by atoms with E-state index >= 15 is 0 Å². The van der Waals surface area contributed by atoms with Crippen molar-refractivity contribution >= 4 is 39.2 Å². The quantitative estimate of drug-likeness (QED) is 0.869. The average molecular weight is 294 g/mol. The molecule has 2 heterocycles. The Kier molecular flexibility index (Phi) is 3.84. The van der Waals surface area contributed by atoms with E-state index in [9.17, 15) is 9.59 Å². The predicted octanol–water partition coefficient (Wildman–Crippen LogP) is 0.880. The Balaban J connectivity index is 2.54. The van der Waals surface area contributed by atoms with Crippen molar-refractivity contribution in [2.24, 2.45) is 0 Å². The molecule has 0 unspecified atom stereocenters. The number of carboxylic acid groups (broad SMARTS) is 1. The van der Waals surface area contributed by atoms with Crippen LogP contribution in [0.1, 0.15) is 15.2 Å². The maximum absolute atomic E-state index is 11.4. The van der Waals surface area contributed by atoms with Crippen LogP contribution in [0.25, 0.3) is 10.2 Å². The Bertz CT molecular complexity index is 683. The van der Waals surface area contributed by atoms with Crippen LogP contribution in [0.3, 0.4) is 0 Å². The van der Waals surface area contributed by atoms with E-state index in [1.165, 1.54) is 6.33 Å². The molecule has 2 aromatic rings. The Morgan fingerprint density at radius 3 is 2.75 bits per heavy atom. The van der Waals surface area contributed by atoms with Gasteiger partial charge in [0.05, 0.1) is 11.9 Å². The second-order valence-electron chi connectivity index (χ2n) is 4.27. The van der Waals surface area contributed by atoms with E-state index in [4.69, 9.17) is 5.11 Å². The number of amides is 1. The molecule has 2 N–H and O–H groups in total. The van der Waals surface area contributed by atoms with Crippen LogP contribution in [-0.2, 0) is 4.79 Å². The van der Waals surface area contributed by atoms with Gasteiger partial charge in [-0.2, -0.15) is 0 Å². The van der Waals surface area contributed by atoms with Crippen molar-refractivity contribution in [2.75, 3.05) is 25.5 Å². The number of carbonyl (C=O) groups is 2. The normalized spacial score (nSPS) is 10.6. The third-order valence-corrected chi connectivity index (χ3v) is 4.11. The molecule has 106 valence electrons. The van der Waals surface area contributed by atoms with Crippen LogP contribution in [0.5, 0.6) is 0 Å². The number of hydrogen-bond donors (Lipinski definition) is 2. The number of likely N-dealkylation sites (N-methyl/N-ethyl adjacent to an activating group) is 2. The van der Waals surface area contributed by atoms with Gasteiger partial charge in [0, 0.05) is 14.1 Å². The maximum atomic E-state index is 11.4. The number of carbonyl (C=O) groups excluding carboxylic acids is 1. The fourth-order valence-corrected chi connectivity index (χ4v) is 2.90. The number of thiophene rings is 1. The number of anilines is 1. The van der Waals surface area contributed by atoms with Crippen molar-refractivity contribution in [3.63, 3.8) is 0 Å². The fourth-order valence-electron chi connectivity index (χ4n) is 1.92. The highest BCUT2D eigenvalue weighted by Gasteiger charge is 2.20. The molecule has 0 bridgehead atoms. The summed E-state index contributed by atoms with van der Waals surface area (Å²) in [5.74, 6) is -0.573. The number of nitrogens with zero attached hydrogens (tertiary/aromatic N) is 3. The molecule has 0 radical (unpaired) electrons. The van der Waals surface area contributed by atoms with Crippen LogP contribution in [0.15, 0.2) is 6.33 Å². The van der Waals surface area contributed by atoms with E-state index in [0.29, 0.717) is 21.6 Å². The third-order valence-electron chi connectivity index (χ3n) is 2.92. The summed E-state index contributed by atoms with van der Waals surface area (Å²) in [4.78, 5) is 33.4. The molecule has 20 heavy (non-hydrogen) atoms. The number of rotatable bonds is 4. The zero-order chi connectivity index (χ0) is 14.9. The minimum Gasteiger partial charge on any atom is -0.477 e. The summed E-state index contributed by atoms with van der Waals surface area (Å²) in [5, 5.41) is 12.4. The average Bonchev–Trinajstić information content (AvgIpc) is 2.76. The minimum absolute atomic E-state index is 0.139. The van der Waals surface area contributed by atoms with Crippen LogP contribution < -0.4 is 10.2 Å². The summed E-state index contributed by atoms with van der Waals surface area (Å²) in [6.45, 7) is 1.86. The monoisotopic (exact) mass is 294 g/mol. The van der Waals surface area contributed by atoms with E-state index in [2.05, 4.69) is 15.3 Å². The fraction of sp³-hybridized carbons (Fsp3) is 0.333. The topological polar surface area (TPSA) is 95.4 Å². The molecule has 0 atom stereocenters. The molecule has 1 amide bonds. The van der Waals surface area contributed by atoms with E-state index < -0.39 is 5.97 Å². The smallest absolute Gasteiger partial charge is 0.346 e. The van der Waals surface area contributed by atoms with Gasteiger partial charge >= 0.3 is 5.97 Å². The SMILES string of the molecule is CNC(=O)CN(C)c1ncnc2sc(C(=O)O)c(C)c12. The van der Waals surface area contributed by atoms with E-state index in [0.717, 1.165) is 11.3 Å². The molecule has 7 nitrogen and oxygen atoms in total. The Labute approximate surface area is 119 Å². The van der Waals surface area contributed by atoms with Crippen molar-refractivity contribution in [2.45, 2.75) is 6.92 Å². The summed E-state index contributed by atoms with van der Waals surface area (Å²) in [7, 11) is 3.29. The zero-order valence-corrected chi connectivity index (χ0v) is 12.1. The third kappa shape index (κ3) is 2.42. The zero-order valence-electron chi connectivity index (χ0n) is 11.3. The van der Waals surface area contributed by atoms with Crippen molar-refractivity contribution in [1.29, 1.82) is 0 Å². The van der Waals surface area contributed by atoms with Crippen LogP contribution in [-0.4, -0.2) is 47.6 Å². The highest BCUT2D eigenvalue weighted by molar-refractivity contribution is 7.20. The Hall–Kier alpha value is -2.22. The number of aryl methyl sites for hydroxylation is 1. The molecule has 2 rings (SSSR count). The number of fused-ring (bicyclic) bond motifs is 1. The van der Waals surface area contributed by atoms with Gasteiger partial charge in [-0.1, -0.05) is 0 Å². The summed E-state index contributed by atoms with van der Waals surface area (Å²) in [5.41, 5.74) is 0.622. The first-order valence-corrected chi connectivity index (χ1v) is 6.66. The Morgan fingerprint density at radius 1 is 1.45 bits per heavy atom. The molecule has 0 spiro atoms. The number of aromatic carboxylic acids is 1. The first kappa shape index (κ1) is 14.2. The maximum Gasteiger partial charge on any atom is 0.346 e. The summed E-state index contributed by atoms with van der Waals surface area (Å²) in [6.07, 6.45) is 1.37. The molecule has 8 heteroatoms. The summed E-state index contributed by atoms with van der Waals surface area (Å²) in [6, 6.07) is 0. The highest BCUT2D eigenvalue weighted by atomic mass is 32.1. The highest BCUT2D eigenvalue weighted by Crippen LogP contribution is 2.34. The molecule has 0 aromatic carbocycles. The van der Waals surface area contributed by atoms with Gasteiger partial charge in [0.2, 0.25) is 5.91 Å². The molecular formula is C12H14N4O3S. The van der Waals surface area contributed by atoms with Gasteiger partial charge in [0.1, 0.15) is 21.9 Å². The number of carboxylic acids is 1. The number of nitrogens with one attached hydrogen (secondary N) is 1.